The first-order valence-electron chi connectivity index (χ1n) is 5.62. The minimum atomic E-state index is -0.905. The standard InChI is InChI=1S/C13H10Cl2N2O3/c14-9-6-10(17-12(9)15)13(20)16-8-3-1-7(2-4-8)5-11(18)19/h1-4,6,17H,5H2,(H,16,20)(H,18,19). The SMILES string of the molecule is O=C(O)Cc1ccc(NC(=O)c2cc(Cl)c(Cl)[nH]2)cc1. The first kappa shape index (κ1) is 14.4. The number of hydrogen-bond acceptors (Lipinski definition) is 2. The highest BCUT2D eigenvalue weighted by Crippen LogP contribution is 2.22. The molecule has 20 heavy (non-hydrogen) atoms. The van der Waals surface area contributed by atoms with Crippen LogP contribution >= 0.6 is 23.2 Å². The van der Waals surface area contributed by atoms with Crippen LogP contribution in [-0.4, -0.2) is 22.0 Å². The van der Waals surface area contributed by atoms with Gasteiger partial charge in [-0.1, -0.05) is 35.3 Å². The lowest BCUT2D eigenvalue weighted by atomic mass is 10.1. The molecule has 0 aliphatic heterocycles. The van der Waals surface area contributed by atoms with Crippen molar-refractivity contribution < 1.29 is 14.7 Å². The summed E-state index contributed by atoms with van der Waals surface area (Å²) in [6, 6.07) is 7.96. The Balaban J connectivity index is 2.06. The number of hydrogen-bond donors (Lipinski definition) is 3. The molecular formula is C13H10Cl2N2O3. The number of benzene rings is 1. The van der Waals surface area contributed by atoms with Crippen LogP contribution in [0, 0.1) is 0 Å². The van der Waals surface area contributed by atoms with Gasteiger partial charge in [0, 0.05) is 5.69 Å². The largest absolute Gasteiger partial charge is 0.481 e. The molecule has 0 fully saturated rings. The Kier molecular flexibility index (Phi) is 4.32. The number of H-pyrrole nitrogens is 1. The van der Waals surface area contributed by atoms with Gasteiger partial charge >= 0.3 is 5.97 Å². The third-order valence-electron chi connectivity index (χ3n) is 2.54. The average Bonchev–Trinajstić information content (AvgIpc) is 2.71. The maximum Gasteiger partial charge on any atom is 0.307 e. The van der Waals surface area contributed by atoms with Crippen LogP contribution in [-0.2, 0) is 11.2 Å². The lowest BCUT2D eigenvalue weighted by Crippen LogP contribution is -2.12. The van der Waals surface area contributed by atoms with E-state index in [1.54, 1.807) is 24.3 Å². The van der Waals surface area contributed by atoms with Crippen molar-refractivity contribution in [2.24, 2.45) is 0 Å². The Labute approximate surface area is 124 Å². The molecule has 0 aliphatic carbocycles. The van der Waals surface area contributed by atoms with E-state index in [9.17, 15) is 9.59 Å². The number of aromatic amines is 1. The van der Waals surface area contributed by atoms with Crippen molar-refractivity contribution in [1.82, 2.24) is 4.98 Å². The zero-order valence-corrected chi connectivity index (χ0v) is 11.6. The van der Waals surface area contributed by atoms with Gasteiger partial charge in [0.05, 0.1) is 11.4 Å². The van der Waals surface area contributed by atoms with Gasteiger partial charge in [0.1, 0.15) is 10.8 Å². The first-order chi connectivity index (χ1) is 9.45. The molecule has 1 amide bonds. The predicted octanol–water partition coefficient (Wildman–Crippen LogP) is 3.20. The maximum atomic E-state index is 11.9. The molecule has 2 rings (SSSR count). The second-order valence-corrected chi connectivity index (χ2v) is 4.85. The number of amides is 1. The highest BCUT2D eigenvalue weighted by atomic mass is 35.5. The van der Waals surface area contributed by atoms with Crippen LogP contribution in [0.3, 0.4) is 0 Å². The number of halogens is 2. The number of aromatic nitrogens is 1. The molecule has 104 valence electrons. The molecule has 0 spiro atoms. The molecule has 7 heteroatoms. The van der Waals surface area contributed by atoms with Crippen LogP contribution in [0.2, 0.25) is 10.2 Å². The number of carbonyl (C=O) groups excluding carboxylic acids is 1. The number of rotatable bonds is 4. The summed E-state index contributed by atoms with van der Waals surface area (Å²) in [7, 11) is 0. The van der Waals surface area contributed by atoms with Gasteiger partial charge in [-0.25, -0.2) is 0 Å². The third kappa shape index (κ3) is 3.53. The Morgan fingerprint density at radius 1 is 1.20 bits per heavy atom. The maximum absolute atomic E-state index is 11.9. The number of carboxylic acids is 1. The van der Waals surface area contributed by atoms with Crippen molar-refractivity contribution in [2.45, 2.75) is 6.42 Å². The summed E-state index contributed by atoms with van der Waals surface area (Å²) in [5, 5.41) is 11.8. The zero-order valence-electron chi connectivity index (χ0n) is 10.1. The van der Waals surface area contributed by atoms with E-state index >= 15 is 0 Å². The topological polar surface area (TPSA) is 82.2 Å². The van der Waals surface area contributed by atoms with Crippen LogP contribution < -0.4 is 5.32 Å². The molecule has 5 nitrogen and oxygen atoms in total. The zero-order chi connectivity index (χ0) is 14.7. The van der Waals surface area contributed by atoms with Crippen LogP contribution in [0.25, 0.3) is 0 Å². The molecule has 1 aromatic heterocycles. The molecule has 0 saturated carbocycles. The third-order valence-corrected chi connectivity index (χ3v) is 3.23. The summed E-state index contributed by atoms with van der Waals surface area (Å²) in [5.74, 6) is -1.29. The normalized spacial score (nSPS) is 10.3. The Bertz CT molecular complexity index is 631. The fraction of sp³-hybridized carbons (Fsp3) is 0.0769. The number of carbonyl (C=O) groups is 2. The van der Waals surface area contributed by atoms with Gasteiger partial charge in [-0.2, -0.15) is 0 Å². The fourth-order valence-corrected chi connectivity index (χ4v) is 1.92. The van der Waals surface area contributed by atoms with E-state index in [-0.39, 0.29) is 28.2 Å². The smallest absolute Gasteiger partial charge is 0.307 e. The van der Waals surface area contributed by atoms with Gasteiger partial charge in [-0.3, -0.25) is 9.59 Å². The summed E-state index contributed by atoms with van der Waals surface area (Å²) in [4.78, 5) is 25.1. The van der Waals surface area contributed by atoms with Crippen molar-refractivity contribution in [3.05, 3.63) is 51.8 Å². The van der Waals surface area contributed by atoms with Crippen molar-refractivity contribution in [1.29, 1.82) is 0 Å². The second-order valence-electron chi connectivity index (χ2n) is 4.07. The molecule has 0 atom stereocenters. The van der Waals surface area contributed by atoms with Crippen molar-refractivity contribution in [3.63, 3.8) is 0 Å². The van der Waals surface area contributed by atoms with E-state index in [1.807, 2.05) is 0 Å². The van der Waals surface area contributed by atoms with Gasteiger partial charge in [0.2, 0.25) is 0 Å². The molecule has 1 aromatic carbocycles. The van der Waals surface area contributed by atoms with Crippen molar-refractivity contribution >= 4 is 40.8 Å². The van der Waals surface area contributed by atoms with E-state index in [2.05, 4.69) is 10.3 Å². The first-order valence-corrected chi connectivity index (χ1v) is 6.37. The Morgan fingerprint density at radius 3 is 2.35 bits per heavy atom. The second kappa shape index (κ2) is 5.98. The van der Waals surface area contributed by atoms with E-state index in [4.69, 9.17) is 28.3 Å². The van der Waals surface area contributed by atoms with E-state index in [1.165, 1.54) is 6.07 Å². The van der Waals surface area contributed by atoms with Gasteiger partial charge in [-0.05, 0) is 23.8 Å². The molecule has 0 aliphatic rings. The minimum absolute atomic E-state index is 0.0595. The summed E-state index contributed by atoms with van der Waals surface area (Å²) >= 11 is 11.5. The molecule has 0 unspecified atom stereocenters. The van der Waals surface area contributed by atoms with Crippen LogP contribution in [0.15, 0.2) is 30.3 Å². The monoisotopic (exact) mass is 312 g/mol. The van der Waals surface area contributed by atoms with Gasteiger partial charge < -0.3 is 15.4 Å². The summed E-state index contributed by atoms with van der Waals surface area (Å²) in [5.41, 5.74) is 1.45. The summed E-state index contributed by atoms with van der Waals surface area (Å²) < 4.78 is 0. The highest BCUT2D eigenvalue weighted by molar-refractivity contribution is 6.41. The number of carboxylic acid groups (broad SMARTS) is 1. The van der Waals surface area contributed by atoms with Gasteiger partial charge in [0.15, 0.2) is 0 Å². The highest BCUT2D eigenvalue weighted by Gasteiger charge is 2.11. The van der Waals surface area contributed by atoms with E-state index < -0.39 is 5.97 Å². The fourth-order valence-electron chi connectivity index (χ4n) is 1.61. The molecule has 2 aromatic rings. The molecule has 1 heterocycles. The lowest BCUT2D eigenvalue weighted by Gasteiger charge is -2.04. The molecule has 0 bridgehead atoms. The van der Waals surface area contributed by atoms with Crippen LogP contribution in [0.4, 0.5) is 5.69 Å². The van der Waals surface area contributed by atoms with Gasteiger partial charge in [-0.15, -0.1) is 0 Å². The lowest BCUT2D eigenvalue weighted by molar-refractivity contribution is -0.136. The molecule has 0 saturated heterocycles. The van der Waals surface area contributed by atoms with Gasteiger partial charge in [0.25, 0.3) is 5.91 Å². The Morgan fingerprint density at radius 2 is 1.85 bits per heavy atom. The minimum Gasteiger partial charge on any atom is -0.481 e. The molecule has 3 N–H and O–H groups in total. The summed E-state index contributed by atoms with van der Waals surface area (Å²) in [6.45, 7) is 0. The number of aliphatic carboxylic acids is 1. The van der Waals surface area contributed by atoms with Crippen molar-refractivity contribution in [2.75, 3.05) is 5.32 Å². The van der Waals surface area contributed by atoms with Crippen LogP contribution in [0.1, 0.15) is 16.1 Å². The number of anilines is 1. The number of nitrogens with one attached hydrogen (secondary N) is 2. The average molecular weight is 313 g/mol. The predicted molar refractivity (Wildman–Crippen MR) is 76.5 cm³/mol. The van der Waals surface area contributed by atoms with Crippen LogP contribution in [0.5, 0.6) is 0 Å². The van der Waals surface area contributed by atoms with E-state index in [0.717, 1.165) is 0 Å². The summed E-state index contributed by atoms with van der Waals surface area (Å²) in [6.07, 6.45) is -0.0595. The Hall–Kier alpha value is -1.98. The molecule has 0 radical (unpaired) electrons. The molecular weight excluding hydrogens is 303 g/mol. The quantitative estimate of drug-likeness (QED) is 0.810. The van der Waals surface area contributed by atoms with Crippen molar-refractivity contribution in [3.8, 4) is 0 Å². The van der Waals surface area contributed by atoms with E-state index in [0.29, 0.717) is 11.3 Å².